The lowest BCUT2D eigenvalue weighted by Gasteiger charge is -2.35. The number of fused-ring (bicyclic) bond motifs is 2. The van der Waals surface area contributed by atoms with E-state index in [4.69, 9.17) is 9.97 Å². The SMILES string of the molecule is Cc1ccccc1N1CCc2nc(-c3cccc4[nH]cc(C)c34)nc(N(C)CC(C)(C)O)c2C1. The van der Waals surface area contributed by atoms with Crippen molar-refractivity contribution in [2.24, 2.45) is 0 Å². The van der Waals surface area contributed by atoms with E-state index in [1.54, 1.807) is 0 Å². The van der Waals surface area contributed by atoms with E-state index in [2.05, 4.69) is 71.1 Å². The highest BCUT2D eigenvalue weighted by molar-refractivity contribution is 5.96. The number of hydrogen-bond donors (Lipinski definition) is 2. The quantitative estimate of drug-likeness (QED) is 0.443. The molecule has 0 atom stereocenters. The number of nitrogens with one attached hydrogen (secondary N) is 1. The van der Waals surface area contributed by atoms with E-state index in [1.165, 1.54) is 16.8 Å². The van der Waals surface area contributed by atoms with Crippen LogP contribution in [0.2, 0.25) is 0 Å². The van der Waals surface area contributed by atoms with Crippen molar-refractivity contribution in [1.29, 1.82) is 0 Å². The molecule has 0 aliphatic carbocycles. The maximum atomic E-state index is 10.6. The van der Waals surface area contributed by atoms with Crippen LogP contribution in [-0.4, -0.2) is 45.8 Å². The highest BCUT2D eigenvalue weighted by atomic mass is 16.3. The lowest BCUT2D eigenvalue weighted by atomic mass is 10.0. The number of aliphatic hydroxyl groups is 1. The number of aromatic amines is 1. The van der Waals surface area contributed by atoms with Gasteiger partial charge in [0, 0.05) is 67.0 Å². The number of aromatic nitrogens is 3. The van der Waals surface area contributed by atoms with E-state index in [0.29, 0.717) is 6.54 Å². The van der Waals surface area contributed by atoms with Crippen LogP contribution < -0.4 is 9.80 Å². The predicted molar refractivity (Wildman–Crippen MR) is 140 cm³/mol. The number of likely N-dealkylation sites (N-methyl/N-ethyl adjacent to an activating group) is 1. The fourth-order valence-electron chi connectivity index (χ4n) is 5.15. The Hall–Kier alpha value is -3.38. The van der Waals surface area contributed by atoms with E-state index in [1.807, 2.05) is 27.1 Å². The average molecular weight is 456 g/mol. The number of nitrogens with zero attached hydrogens (tertiary/aromatic N) is 4. The Balaban J connectivity index is 1.64. The number of rotatable bonds is 5. The van der Waals surface area contributed by atoms with E-state index in [9.17, 15) is 5.11 Å². The van der Waals surface area contributed by atoms with Gasteiger partial charge < -0.3 is 19.9 Å². The van der Waals surface area contributed by atoms with Gasteiger partial charge in [-0.15, -0.1) is 0 Å². The van der Waals surface area contributed by atoms with Gasteiger partial charge in [-0.05, 0) is 51.0 Å². The highest BCUT2D eigenvalue weighted by Gasteiger charge is 2.27. The van der Waals surface area contributed by atoms with Gasteiger partial charge >= 0.3 is 0 Å². The van der Waals surface area contributed by atoms with Gasteiger partial charge in [-0.2, -0.15) is 0 Å². The molecule has 6 nitrogen and oxygen atoms in total. The van der Waals surface area contributed by atoms with Crippen molar-refractivity contribution in [2.45, 2.75) is 46.3 Å². The summed E-state index contributed by atoms with van der Waals surface area (Å²) in [5.74, 6) is 1.64. The van der Waals surface area contributed by atoms with Crippen LogP contribution in [0.15, 0.2) is 48.7 Å². The summed E-state index contributed by atoms with van der Waals surface area (Å²) in [4.78, 5) is 18.1. The normalized spacial score (nSPS) is 13.9. The molecule has 2 N–H and O–H groups in total. The third-order valence-corrected chi connectivity index (χ3v) is 6.62. The summed E-state index contributed by atoms with van der Waals surface area (Å²) in [6.07, 6.45) is 2.89. The number of H-pyrrole nitrogens is 1. The first kappa shape index (κ1) is 22.4. The van der Waals surface area contributed by atoms with Gasteiger partial charge in [-0.3, -0.25) is 0 Å². The smallest absolute Gasteiger partial charge is 0.162 e. The first-order chi connectivity index (χ1) is 16.2. The van der Waals surface area contributed by atoms with Crippen molar-refractivity contribution in [3.63, 3.8) is 0 Å². The van der Waals surface area contributed by atoms with E-state index in [-0.39, 0.29) is 0 Å². The summed E-state index contributed by atoms with van der Waals surface area (Å²) in [6.45, 7) is 10.1. The minimum Gasteiger partial charge on any atom is -0.389 e. The number of anilines is 2. The van der Waals surface area contributed by atoms with Gasteiger partial charge in [0.2, 0.25) is 0 Å². The summed E-state index contributed by atoms with van der Waals surface area (Å²) in [5, 5.41) is 11.7. The molecular formula is C28H33N5O. The largest absolute Gasteiger partial charge is 0.389 e. The predicted octanol–water partition coefficient (Wildman–Crippen LogP) is 5.01. The third-order valence-electron chi connectivity index (χ3n) is 6.62. The molecule has 0 saturated carbocycles. The van der Waals surface area contributed by atoms with Crippen molar-refractivity contribution >= 4 is 22.4 Å². The summed E-state index contributed by atoms with van der Waals surface area (Å²) in [6, 6.07) is 14.8. The van der Waals surface area contributed by atoms with E-state index in [0.717, 1.165) is 58.9 Å². The average Bonchev–Trinajstić information content (AvgIpc) is 3.18. The van der Waals surface area contributed by atoms with Gasteiger partial charge in [-0.1, -0.05) is 30.3 Å². The lowest BCUT2D eigenvalue weighted by Crippen LogP contribution is -2.39. The highest BCUT2D eigenvalue weighted by Crippen LogP contribution is 2.35. The Morgan fingerprint density at radius 3 is 2.62 bits per heavy atom. The molecule has 2 aromatic carbocycles. The molecule has 4 aromatic rings. The third kappa shape index (κ3) is 4.14. The van der Waals surface area contributed by atoms with Crippen molar-refractivity contribution in [2.75, 3.05) is 29.9 Å². The van der Waals surface area contributed by atoms with Gasteiger partial charge in [0.05, 0.1) is 11.3 Å². The molecule has 0 fully saturated rings. The van der Waals surface area contributed by atoms with Crippen LogP contribution >= 0.6 is 0 Å². The first-order valence-electron chi connectivity index (χ1n) is 11.9. The molecule has 0 saturated heterocycles. The number of aryl methyl sites for hydroxylation is 2. The van der Waals surface area contributed by atoms with Crippen LogP contribution in [0.1, 0.15) is 36.2 Å². The molecule has 0 spiro atoms. The number of para-hydroxylation sites is 1. The first-order valence-corrected chi connectivity index (χ1v) is 11.9. The van der Waals surface area contributed by atoms with Crippen molar-refractivity contribution in [3.8, 4) is 11.4 Å². The summed E-state index contributed by atoms with van der Waals surface area (Å²) >= 11 is 0. The molecule has 0 bridgehead atoms. The van der Waals surface area contributed by atoms with Crippen LogP contribution in [0.3, 0.4) is 0 Å². The van der Waals surface area contributed by atoms with Crippen molar-refractivity contribution < 1.29 is 5.11 Å². The summed E-state index contributed by atoms with van der Waals surface area (Å²) < 4.78 is 0. The zero-order valence-corrected chi connectivity index (χ0v) is 20.7. The van der Waals surface area contributed by atoms with E-state index < -0.39 is 5.60 Å². The zero-order chi connectivity index (χ0) is 24.0. The molecule has 0 amide bonds. The maximum absolute atomic E-state index is 10.6. The Kier molecular flexibility index (Phi) is 5.56. The number of hydrogen-bond acceptors (Lipinski definition) is 5. The second kappa shape index (κ2) is 8.44. The number of benzene rings is 2. The Labute approximate surface area is 201 Å². The van der Waals surface area contributed by atoms with Crippen LogP contribution in [0.5, 0.6) is 0 Å². The van der Waals surface area contributed by atoms with Crippen LogP contribution in [0.25, 0.3) is 22.3 Å². The standard InChI is InChI=1S/C28H33N5O/c1-18-9-6-7-12-24(18)33-14-13-22-21(16-33)27(32(5)17-28(3,4)34)31-26(30-22)20-10-8-11-23-25(20)19(2)15-29-23/h6-12,15,29,34H,13-14,16-17H2,1-5H3. The molecule has 3 heterocycles. The second-order valence-electron chi connectivity index (χ2n) is 10.1. The molecular weight excluding hydrogens is 422 g/mol. The zero-order valence-electron chi connectivity index (χ0n) is 20.7. The molecule has 5 rings (SSSR count). The molecule has 176 valence electrons. The Bertz CT molecular complexity index is 1350. The van der Waals surface area contributed by atoms with Crippen LogP contribution in [-0.2, 0) is 13.0 Å². The van der Waals surface area contributed by atoms with Gasteiger partial charge in [0.25, 0.3) is 0 Å². The van der Waals surface area contributed by atoms with Crippen molar-refractivity contribution in [1.82, 2.24) is 15.0 Å². The minimum atomic E-state index is -0.839. The van der Waals surface area contributed by atoms with Crippen LogP contribution in [0, 0.1) is 13.8 Å². The monoisotopic (exact) mass is 455 g/mol. The van der Waals surface area contributed by atoms with Crippen LogP contribution in [0.4, 0.5) is 11.5 Å². The van der Waals surface area contributed by atoms with Gasteiger partial charge in [0.15, 0.2) is 5.82 Å². The molecule has 0 radical (unpaired) electrons. The topological polar surface area (TPSA) is 68.3 Å². The Morgan fingerprint density at radius 1 is 1.06 bits per heavy atom. The molecule has 34 heavy (non-hydrogen) atoms. The molecule has 2 aromatic heterocycles. The van der Waals surface area contributed by atoms with E-state index >= 15 is 0 Å². The fraction of sp³-hybridized carbons (Fsp3) is 0.357. The van der Waals surface area contributed by atoms with Gasteiger partial charge in [0.1, 0.15) is 5.82 Å². The molecule has 1 aliphatic rings. The molecule has 0 unspecified atom stereocenters. The van der Waals surface area contributed by atoms with Gasteiger partial charge in [-0.25, -0.2) is 9.97 Å². The molecule has 6 heteroatoms. The summed E-state index contributed by atoms with van der Waals surface area (Å²) in [7, 11) is 2.01. The lowest BCUT2D eigenvalue weighted by molar-refractivity contribution is 0.0884. The summed E-state index contributed by atoms with van der Waals surface area (Å²) in [5.41, 5.74) is 7.23. The second-order valence-corrected chi connectivity index (χ2v) is 10.1. The molecule has 1 aliphatic heterocycles. The minimum absolute atomic E-state index is 0.480. The van der Waals surface area contributed by atoms with Crippen molar-refractivity contribution in [3.05, 3.63) is 71.0 Å². The Morgan fingerprint density at radius 2 is 1.85 bits per heavy atom. The maximum Gasteiger partial charge on any atom is 0.162 e. The fourth-order valence-corrected chi connectivity index (χ4v) is 5.15.